The first-order valence-corrected chi connectivity index (χ1v) is 16.8. The molecule has 44 heavy (non-hydrogen) atoms. The number of aldehydes is 1. The summed E-state index contributed by atoms with van der Waals surface area (Å²) in [6.07, 6.45) is 10.1. The lowest BCUT2D eigenvalue weighted by atomic mass is 9.89. The Balaban J connectivity index is 1.78. The van der Waals surface area contributed by atoms with E-state index in [1.54, 1.807) is 25.1 Å². The van der Waals surface area contributed by atoms with E-state index in [1.165, 1.54) is 24.8 Å². The molecule has 0 radical (unpaired) electrons. The van der Waals surface area contributed by atoms with Crippen LogP contribution in [-0.4, -0.2) is 33.0 Å². The zero-order valence-electron chi connectivity index (χ0n) is 27.3. The van der Waals surface area contributed by atoms with Gasteiger partial charge in [0.2, 0.25) is 0 Å². The van der Waals surface area contributed by atoms with Gasteiger partial charge in [-0.15, -0.1) is 0 Å². The fourth-order valence-corrected chi connectivity index (χ4v) is 6.93. The first-order valence-electron chi connectivity index (χ1n) is 15.4. The SMILES string of the molecule is C/C=C/C(C)[C@H](O)CC[C@H](C)/C=C(\C)C[C@@H](C)C[C@H](C)c1cc2c(C=O)c(OS(=O)(=O)c3ccccc3)c(OC)c(C)c2o1. The number of carbonyl (C=O) groups is 1. The maximum Gasteiger partial charge on any atom is 0.339 e. The Hall–Kier alpha value is -3.36. The third-order valence-corrected chi connectivity index (χ3v) is 9.46. The van der Waals surface area contributed by atoms with Crippen LogP contribution in [0.2, 0.25) is 0 Å². The molecule has 0 aliphatic heterocycles. The number of furan rings is 1. The summed E-state index contributed by atoms with van der Waals surface area (Å²) in [4.78, 5) is 12.3. The fourth-order valence-electron chi connectivity index (χ4n) is 5.96. The van der Waals surface area contributed by atoms with E-state index in [-0.39, 0.29) is 39.9 Å². The Morgan fingerprint density at radius 3 is 2.36 bits per heavy atom. The maximum absolute atomic E-state index is 13.1. The summed E-state index contributed by atoms with van der Waals surface area (Å²) in [5, 5.41) is 10.9. The second-order valence-corrected chi connectivity index (χ2v) is 13.8. The van der Waals surface area contributed by atoms with Crippen LogP contribution in [0.4, 0.5) is 0 Å². The molecule has 1 N–H and O–H groups in total. The molecule has 0 saturated carbocycles. The van der Waals surface area contributed by atoms with Crippen molar-refractivity contribution in [3.05, 3.63) is 77.1 Å². The van der Waals surface area contributed by atoms with Gasteiger partial charge in [0, 0.05) is 16.9 Å². The van der Waals surface area contributed by atoms with Crippen molar-refractivity contribution in [3.8, 4) is 11.5 Å². The third-order valence-electron chi connectivity index (χ3n) is 8.22. The van der Waals surface area contributed by atoms with E-state index in [4.69, 9.17) is 13.3 Å². The first-order chi connectivity index (χ1) is 20.8. The minimum Gasteiger partial charge on any atom is -0.492 e. The van der Waals surface area contributed by atoms with E-state index in [0.29, 0.717) is 40.4 Å². The molecule has 1 heterocycles. The maximum atomic E-state index is 13.1. The number of allylic oxidation sites excluding steroid dienone is 3. The Morgan fingerprint density at radius 1 is 1.07 bits per heavy atom. The predicted octanol–water partition coefficient (Wildman–Crippen LogP) is 8.79. The van der Waals surface area contributed by atoms with E-state index in [1.807, 2.05) is 32.1 Å². The lowest BCUT2D eigenvalue weighted by Crippen LogP contribution is -2.16. The zero-order chi connectivity index (χ0) is 32.6. The van der Waals surface area contributed by atoms with E-state index in [9.17, 15) is 18.3 Å². The molecule has 3 rings (SSSR count). The third kappa shape index (κ3) is 8.63. The molecular formula is C36H48O7S. The monoisotopic (exact) mass is 624 g/mol. The van der Waals surface area contributed by atoms with Gasteiger partial charge in [0.25, 0.3) is 0 Å². The average molecular weight is 625 g/mol. The van der Waals surface area contributed by atoms with Crippen LogP contribution in [0.15, 0.2) is 69.5 Å². The van der Waals surface area contributed by atoms with Crippen molar-refractivity contribution in [1.29, 1.82) is 0 Å². The molecule has 0 bridgehead atoms. The number of aliphatic hydroxyl groups is 1. The van der Waals surface area contributed by atoms with Crippen molar-refractivity contribution in [2.45, 2.75) is 91.1 Å². The number of aryl methyl sites for hydroxylation is 1. The van der Waals surface area contributed by atoms with Gasteiger partial charge in [-0.25, -0.2) is 0 Å². The van der Waals surface area contributed by atoms with E-state index in [2.05, 4.69) is 33.8 Å². The van der Waals surface area contributed by atoms with Crippen LogP contribution in [0.25, 0.3) is 11.0 Å². The molecule has 1 unspecified atom stereocenters. The predicted molar refractivity (Wildman–Crippen MR) is 176 cm³/mol. The van der Waals surface area contributed by atoms with E-state index >= 15 is 0 Å². The minimum absolute atomic E-state index is 0.0255. The smallest absolute Gasteiger partial charge is 0.339 e. The Bertz CT molecular complexity index is 1570. The average Bonchev–Trinajstić information content (AvgIpc) is 3.42. The number of hydrogen-bond donors (Lipinski definition) is 1. The van der Waals surface area contributed by atoms with Gasteiger partial charge in [-0.2, -0.15) is 8.42 Å². The molecule has 0 spiro atoms. The van der Waals surface area contributed by atoms with Gasteiger partial charge in [0.15, 0.2) is 17.8 Å². The van der Waals surface area contributed by atoms with E-state index < -0.39 is 10.1 Å². The zero-order valence-corrected chi connectivity index (χ0v) is 28.1. The van der Waals surface area contributed by atoms with Gasteiger partial charge in [0.1, 0.15) is 16.2 Å². The van der Waals surface area contributed by atoms with Gasteiger partial charge >= 0.3 is 10.1 Å². The minimum atomic E-state index is -4.21. The fraction of sp³-hybridized carbons (Fsp3) is 0.472. The number of hydrogen-bond acceptors (Lipinski definition) is 7. The molecule has 240 valence electrons. The van der Waals surface area contributed by atoms with Crippen LogP contribution >= 0.6 is 0 Å². The summed E-state index contributed by atoms with van der Waals surface area (Å²) in [5.74, 6) is 1.66. The number of fused-ring (bicyclic) bond motifs is 1. The number of aliphatic hydroxyl groups excluding tert-OH is 1. The number of rotatable bonds is 16. The van der Waals surface area contributed by atoms with E-state index in [0.717, 1.165) is 25.7 Å². The van der Waals surface area contributed by atoms with Crippen LogP contribution in [-0.2, 0) is 10.1 Å². The molecule has 7 nitrogen and oxygen atoms in total. The molecule has 0 saturated heterocycles. The highest BCUT2D eigenvalue weighted by atomic mass is 32.2. The first kappa shape index (κ1) is 35.1. The topological polar surface area (TPSA) is 103 Å². The summed E-state index contributed by atoms with van der Waals surface area (Å²) in [6.45, 7) is 14.4. The highest BCUT2D eigenvalue weighted by molar-refractivity contribution is 7.87. The van der Waals surface area contributed by atoms with Crippen LogP contribution in [0.5, 0.6) is 11.5 Å². The molecule has 1 aromatic heterocycles. The van der Waals surface area contributed by atoms with Crippen molar-refractivity contribution in [1.82, 2.24) is 0 Å². The Morgan fingerprint density at radius 2 is 1.75 bits per heavy atom. The summed E-state index contributed by atoms with van der Waals surface area (Å²) >= 11 is 0. The van der Waals surface area contributed by atoms with Crippen molar-refractivity contribution >= 4 is 27.4 Å². The van der Waals surface area contributed by atoms with Crippen LogP contribution < -0.4 is 8.92 Å². The summed E-state index contributed by atoms with van der Waals surface area (Å²) < 4.78 is 43.5. The Labute approximate surface area is 263 Å². The van der Waals surface area contributed by atoms with Crippen LogP contribution in [0.1, 0.15) is 94.8 Å². The quantitative estimate of drug-likeness (QED) is 0.0965. The van der Waals surface area contributed by atoms with Gasteiger partial charge in [0.05, 0.1) is 18.8 Å². The second kappa shape index (κ2) is 15.6. The normalized spacial score (nSPS) is 16.1. The van der Waals surface area contributed by atoms with Gasteiger partial charge in [-0.1, -0.05) is 69.7 Å². The van der Waals surface area contributed by atoms with Gasteiger partial charge in [-0.3, -0.25) is 4.79 Å². The van der Waals surface area contributed by atoms with Crippen LogP contribution in [0, 0.1) is 24.7 Å². The lowest BCUT2D eigenvalue weighted by Gasteiger charge is -2.19. The number of ether oxygens (including phenoxy) is 1. The molecular weight excluding hydrogens is 576 g/mol. The van der Waals surface area contributed by atoms with Crippen molar-refractivity contribution in [3.63, 3.8) is 0 Å². The van der Waals surface area contributed by atoms with Crippen LogP contribution in [0.3, 0.4) is 0 Å². The Kier molecular flexibility index (Phi) is 12.4. The molecule has 3 aromatic rings. The highest BCUT2D eigenvalue weighted by Crippen LogP contribution is 2.44. The highest BCUT2D eigenvalue weighted by Gasteiger charge is 2.28. The molecule has 0 aliphatic carbocycles. The summed E-state index contributed by atoms with van der Waals surface area (Å²) in [7, 11) is -2.81. The summed E-state index contributed by atoms with van der Waals surface area (Å²) in [6, 6.07) is 9.59. The molecule has 0 amide bonds. The van der Waals surface area contributed by atoms with Crippen molar-refractivity contribution in [2.24, 2.45) is 17.8 Å². The molecule has 0 aliphatic rings. The molecule has 8 heteroatoms. The summed E-state index contributed by atoms with van der Waals surface area (Å²) in [5.41, 5.74) is 2.41. The molecule has 5 atom stereocenters. The second-order valence-electron chi connectivity index (χ2n) is 12.2. The number of methoxy groups -OCH3 is 1. The standard InChI is InChI=1S/C36H48O7S/c1-9-13-26(5)32(38)17-16-23(2)18-24(3)19-25(4)20-27(6)33-21-30-31(22-37)36(35(41-8)28(7)34(30)42-33)43-44(39,40)29-14-11-10-12-15-29/h9-15,18,21-23,25-27,32,38H,16-17,19-20H2,1-8H3/b13-9+,24-18+/t23-,25+,26?,27-,32+/m0/s1. The molecule has 0 fully saturated rings. The molecule has 2 aromatic carbocycles. The van der Waals surface area contributed by atoms with Gasteiger partial charge in [-0.05, 0) is 82.4 Å². The van der Waals surface area contributed by atoms with Crippen molar-refractivity contribution < 1.29 is 31.7 Å². The lowest BCUT2D eigenvalue weighted by molar-refractivity contribution is 0.112. The van der Waals surface area contributed by atoms with Gasteiger partial charge < -0.3 is 18.4 Å². The van der Waals surface area contributed by atoms with Crippen molar-refractivity contribution in [2.75, 3.05) is 7.11 Å². The largest absolute Gasteiger partial charge is 0.492 e. The number of benzene rings is 2. The number of carbonyl (C=O) groups excluding carboxylic acids is 1.